The molecular weight excluding hydrogens is 262 g/mol. The molecule has 19 heavy (non-hydrogen) atoms. The van der Waals surface area contributed by atoms with Crippen LogP contribution in [0, 0.1) is 0 Å². The Morgan fingerprint density at radius 3 is 2.42 bits per heavy atom. The molecule has 0 saturated heterocycles. The number of ether oxygens (including phenoxy) is 1. The smallest absolute Gasteiger partial charge is 0.149 e. The highest BCUT2D eigenvalue weighted by molar-refractivity contribution is 7.90. The fraction of sp³-hybridized carbons (Fsp3) is 0.571. The summed E-state index contributed by atoms with van der Waals surface area (Å²) in [6.45, 7) is 2.71. The van der Waals surface area contributed by atoms with E-state index in [4.69, 9.17) is 4.74 Å². The fourth-order valence-electron chi connectivity index (χ4n) is 1.98. The second-order valence-electron chi connectivity index (χ2n) is 5.09. The zero-order valence-electron chi connectivity index (χ0n) is 11.4. The van der Waals surface area contributed by atoms with Gasteiger partial charge in [-0.1, -0.05) is 19.1 Å². The minimum atomic E-state index is -3.01. The fourth-order valence-corrected chi connectivity index (χ4v) is 2.89. The molecule has 0 bridgehead atoms. The van der Waals surface area contributed by atoms with Crippen LogP contribution in [0.1, 0.15) is 31.4 Å². The maximum Gasteiger partial charge on any atom is 0.149 e. The van der Waals surface area contributed by atoms with E-state index in [-0.39, 0.29) is 11.8 Å². The van der Waals surface area contributed by atoms with Gasteiger partial charge in [-0.05, 0) is 37.1 Å². The van der Waals surface area contributed by atoms with Crippen LogP contribution in [0.15, 0.2) is 24.3 Å². The lowest BCUT2D eigenvalue weighted by Crippen LogP contribution is -2.27. The largest absolute Gasteiger partial charge is 0.490 e. The lowest BCUT2D eigenvalue weighted by atomic mass is 10.1. The van der Waals surface area contributed by atoms with Crippen molar-refractivity contribution in [1.82, 2.24) is 5.32 Å². The highest BCUT2D eigenvalue weighted by Crippen LogP contribution is 2.27. The molecule has 1 aliphatic rings. The third-order valence-corrected chi connectivity index (χ3v) is 3.97. The van der Waals surface area contributed by atoms with E-state index in [9.17, 15) is 8.42 Å². The minimum Gasteiger partial charge on any atom is -0.490 e. The molecule has 5 heteroatoms. The van der Waals surface area contributed by atoms with E-state index in [0.29, 0.717) is 6.10 Å². The van der Waals surface area contributed by atoms with Gasteiger partial charge in [-0.15, -0.1) is 0 Å². The summed E-state index contributed by atoms with van der Waals surface area (Å²) in [7, 11) is -3.01. The Labute approximate surface area is 115 Å². The Kier molecular flexibility index (Phi) is 4.47. The Bertz CT molecular complexity index is 506. The molecule has 0 amide bonds. The molecule has 1 N–H and O–H groups in total. The predicted octanol–water partition coefficient (Wildman–Crippen LogP) is 1.92. The van der Waals surface area contributed by atoms with E-state index >= 15 is 0 Å². The van der Waals surface area contributed by atoms with Crippen LogP contribution in [0.2, 0.25) is 0 Å². The monoisotopic (exact) mass is 283 g/mol. The van der Waals surface area contributed by atoms with Gasteiger partial charge < -0.3 is 10.1 Å². The maximum atomic E-state index is 11.4. The van der Waals surface area contributed by atoms with Gasteiger partial charge in [-0.3, -0.25) is 0 Å². The first kappa shape index (κ1) is 14.3. The van der Waals surface area contributed by atoms with E-state index in [1.165, 1.54) is 6.26 Å². The SMILES string of the molecule is CCNC(CS(C)(=O)=O)c1ccc(OC2CC2)cc1. The summed E-state index contributed by atoms with van der Waals surface area (Å²) in [5.74, 6) is 0.977. The summed E-state index contributed by atoms with van der Waals surface area (Å²) < 4.78 is 28.6. The lowest BCUT2D eigenvalue weighted by Gasteiger charge is -2.17. The maximum absolute atomic E-state index is 11.4. The molecule has 1 aromatic rings. The second-order valence-corrected chi connectivity index (χ2v) is 7.27. The number of benzene rings is 1. The highest BCUT2D eigenvalue weighted by Gasteiger charge is 2.23. The third kappa shape index (κ3) is 4.84. The van der Waals surface area contributed by atoms with Crippen molar-refractivity contribution in [3.63, 3.8) is 0 Å². The molecule has 0 radical (unpaired) electrons. The van der Waals surface area contributed by atoms with Crippen molar-refractivity contribution >= 4 is 9.84 Å². The minimum absolute atomic E-state index is 0.115. The van der Waals surface area contributed by atoms with Crippen LogP contribution in [-0.2, 0) is 9.84 Å². The normalized spacial score (nSPS) is 17.2. The summed E-state index contributed by atoms with van der Waals surface area (Å²) in [6.07, 6.45) is 3.92. The molecule has 1 atom stereocenters. The van der Waals surface area contributed by atoms with E-state index in [2.05, 4.69) is 5.32 Å². The van der Waals surface area contributed by atoms with Gasteiger partial charge in [0.2, 0.25) is 0 Å². The summed E-state index contributed by atoms with van der Waals surface area (Å²) in [5, 5.41) is 3.21. The topological polar surface area (TPSA) is 55.4 Å². The number of hydrogen-bond donors (Lipinski definition) is 1. The quantitative estimate of drug-likeness (QED) is 0.830. The number of sulfone groups is 1. The first-order valence-corrected chi connectivity index (χ1v) is 8.71. The lowest BCUT2D eigenvalue weighted by molar-refractivity contribution is 0.303. The zero-order valence-corrected chi connectivity index (χ0v) is 12.2. The van der Waals surface area contributed by atoms with Crippen molar-refractivity contribution in [2.45, 2.75) is 31.9 Å². The molecule has 1 saturated carbocycles. The second kappa shape index (κ2) is 5.92. The van der Waals surface area contributed by atoms with Crippen molar-refractivity contribution in [3.8, 4) is 5.75 Å². The van der Waals surface area contributed by atoms with Crippen molar-refractivity contribution in [2.75, 3.05) is 18.6 Å². The van der Waals surface area contributed by atoms with Gasteiger partial charge in [0.25, 0.3) is 0 Å². The summed E-state index contributed by atoms with van der Waals surface area (Å²) in [6, 6.07) is 7.56. The predicted molar refractivity (Wildman–Crippen MR) is 76.2 cm³/mol. The van der Waals surface area contributed by atoms with Crippen molar-refractivity contribution in [1.29, 1.82) is 0 Å². The Morgan fingerprint density at radius 1 is 1.32 bits per heavy atom. The molecule has 0 aromatic heterocycles. The Balaban J connectivity index is 2.07. The average molecular weight is 283 g/mol. The molecule has 106 valence electrons. The molecular formula is C14H21NO3S. The van der Waals surface area contributed by atoms with Crippen molar-refractivity contribution in [3.05, 3.63) is 29.8 Å². The van der Waals surface area contributed by atoms with Crippen molar-refractivity contribution < 1.29 is 13.2 Å². The first-order valence-electron chi connectivity index (χ1n) is 6.65. The number of nitrogens with one attached hydrogen (secondary N) is 1. The van der Waals surface area contributed by atoms with Gasteiger partial charge in [0.1, 0.15) is 15.6 Å². The summed E-state index contributed by atoms with van der Waals surface area (Å²) >= 11 is 0. The van der Waals surface area contributed by atoms with Gasteiger partial charge in [0.15, 0.2) is 0 Å². The van der Waals surface area contributed by atoms with Crippen LogP contribution in [0.3, 0.4) is 0 Å². The molecule has 1 fully saturated rings. The van der Waals surface area contributed by atoms with E-state index < -0.39 is 9.84 Å². The molecule has 1 unspecified atom stereocenters. The molecule has 2 rings (SSSR count). The van der Waals surface area contributed by atoms with Crippen LogP contribution >= 0.6 is 0 Å². The molecule has 0 aliphatic heterocycles. The van der Waals surface area contributed by atoms with E-state index in [1.54, 1.807) is 0 Å². The first-order chi connectivity index (χ1) is 8.98. The Hall–Kier alpha value is -1.07. The molecule has 1 aromatic carbocycles. The van der Waals surface area contributed by atoms with Crippen LogP contribution in [0.4, 0.5) is 0 Å². The standard InChI is InChI=1S/C14H21NO3S/c1-3-15-14(10-19(2,16)17)11-4-6-12(7-5-11)18-13-8-9-13/h4-7,13-15H,3,8-10H2,1-2H3. The van der Waals surface area contributed by atoms with Crippen LogP contribution in [-0.4, -0.2) is 33.1 Å². The molecule has 4 nitrogen and oxygen atoms in total. The van der Waals surface area contributed by atoms with Crippen LogP contribution in [0.25, 0.3) is 0 Å². The number of rotatable bonds is 7. The molecule has 0 heterocycles. The van der Waals surface area contributed by atoms with Crippen molar-refractivity contribution in [2.24, 2.45) is 0 Å². The number of hydrogen-bond acceptors (Lipinski definition) is 4. The Morgan fingerprint density at radius 2 is 1.95 bits per heavy atom. The average Bonchev–Trinajstić information content (AvgIpc) is 3.12. The van der Waals surface area contributed by atoms with Gasteiger partial charge in [-0.25, -0.2) is 8.42 Å². The van der Waals surface area contributed by atoms with Gasteiger partial charge in [0, 0.05) is 12.3 Å². The van der Waals surface area contributed by atoms with Crippen LogP contribution < -0.4 is 10.1 Å². The van der Waals surface area contributed by atoms with E-state index in [0.717, 1.165) is 30.7 Å². The summed E-state index contributed by atoms with van der Waals surface area (Å²) in [4.78, 5) is 0. The van der Waals surface area contributed by atoms with Crippen LogP contribution in [0.5, 0.6) is 5.75 Å². The molecule has 1 aliphatic carbocycles. The third-order valence-electron chi connectivity index (χ3n) is 3.03. The highest BCUT2D eigenvalue weighted by atomic mass is 32.2. The van der Waals surface area contributed by atoms with E-state index in [1.807, 2.05) is 31.2 Å². The summed E-state index contributed by atoms with van der Waals surface area (Å²) in [5.41, 5.74) is 0.982. The zero-order chi connectivity index (χ0) is 13.9. The van der Waals surface area contributed by atoms with Gasteiger partial charge >= 0.3 is 0 Å². The molecule has 0 spiro atoms. The van der Waals surface area contributed by atoms with Gasteiger partial charge in [0.05, 0.1) is 11.9 Å². The van der Waals surface area contributed by atoms with Gasteiger partial charge in [-0.2, -0.15) is 0 Å².